The van der Waals surface area contributed by atoms with Crippen molar-refractivity contribution < 1.29 is 23.4 Å². The molecule has 1 aromatic heterocycles. The summed E-state index contributed by atoms with van der Waals surface area (Å²) >= 11 is 0. The molecule has 0 radical (unpaired) electrons. The highest BCUT2D eigenvalue weighted by molar-refractivity contribution is 5.73. The van der Waals surface area contributed by atoms with Crippen LogP contribution < -0.4 is 4.74 Å². The largest absolute Gasteiger partial charge is 0.481 e. The van der Waals surface area contributed by atoms with Crippen molar-refractivity contribution >= 4 is 11.5 Å². The predicted octanol–water partition coefficient (Wildman–Crippen LogP) is 4.00. The van der Waals surface area contributed by atoms with Crippen LogP contribution in [0, 0.1) is 11.8 Å². The maximum Gasteiger partial charge on any atom is 0.303 e. The molecule has 1 aliphatic carbocycles. The molecule has 1 aliphatic heterocycles. The fourth-order valence-corrected chi connectivity index (χ4v) is 3.65. The number of allylic oxidation sites excluding steroid dienone is 2. The second kappa shape index (κ2) is 8.98. The number of piperidine rings is 1. The van der Waals surface area contributed by atoms with E-state index in [2.05, 4.69) is 9.97 Å². The van der Waals surface area contributed by atoms with E-state index in [1.54, 1.807) is 6.08 Å². The van der Waals surface area contributed by atoms with Gasteiger partial charge in [-0.25, -0.2) is 13.8 Å². The van der Waals surface area contributed by atoms with Crippen LogP contribution in [-0.4, -0.2) is 51.4 Å². The van der Waals surface area contributed by atoms with Gasteiger partial charge in [0.15, 0.2) is 5.83 Å². The fourth-order valence-electron chi connectivity index (χ4n) is 3.65. The minimum atomic E-state index is -2.20. The van der Waals surface area contributed by atoms with E-state index < -0.39 is 17.6 Å². The Morgan fingerprint density at radius 3 is 2.72 bits per heavy atom. The quantitative estimate of drug-likeness (QED) is 0.689. The first kappa shape index (κ1) is 21.4. The lowest BCUT2D eigenvalue weighted by atomic mass is 9.90. The number of halogens is 2. The van der Waals surface area contributed by atoms with E-state index in [0.717, 1.165) is 0 Å². The van der Waals surface area contributed by atoms with E-state index in [0.29, 0.717) is 55.6 Å². The van der Waals surface area contributed by atoms with Crippen LogP contribution in [0.2, 0.25) is 0 Å². The van der Waals surface area contributed by atoms with Crippen LogP contribution in [0.5, 0.6) is 5.88 Å². The molecule has 0 bridgehead atoms. The van der Waals surface area contributed by atoms with Crippen LogP contribution in [0.25, 0.3) is 5.57 Å². The molecular weight excluding hydrogens is 380 g/mol. The molecule has 6 nitrogen and oxygen atoms in total. The minimum absolute atomic E-state index is 0.0120. The lowest BCUT2D eigenvalue weighted by molar-refractivity contribution is -0.138. The number of alkyl halides is 1. The molecule has 1 atom stereocenters. The van der Waals surface area contributed by atoms with E-state index in [4.69, 9.17) is 9.84 Å². The van der Waals surface area contributed by atoms with E-state index in [9.17, 15) is 9.18 Å². The third kappa shape index (κ3) is 5.18. The minimum Gasteiger partial charge on any atom is -0.481 e. The third-order valence-corrected chi connectivity index (χ3v) is 5.29. The summed E-state index contributed by atoms with van der Waals surface area (Å²) in [5.74, 6) is -3.21. The smallest absolute Gasteiger partial charge is 0.303 e. The second-order valence-corrected chi connectivity index (χ2v) is 8.09. The first-order valence-corrected chi connectivity index (χ1v) is 9.96. The number of ether oxygens (including phenoxy) is 1. The summed E-state index contributed by atoms with van der Waals surface area (Å²) in [7, 11) is 0. The van der Waals surface area contributed by atoms with Gasteiger partial charge in [0.05, 0.1) is 24.7 Å². The van der Waals surface area contributed by atoms with Crippen LogP contribution in [0.4, 0.5) is 8.78 Å². The summed E-state index contributed by atoms with van der Waals surface area (Å²) in [6.45, 7) is 5.19. The summed E-state index contributed by atoms with van der Waals surface area (Å²) in [5, 5.41) is 8.91. The van der Waals surface area contributed by atoms with Crippen LogP contribution in [0.15, 0.2) is 30.4 Å². The highest BCUT2D eigenvalue weighted by Crippen LogP contribution is 2.40. The molecule has 1 fully saturated rings. The summed E-state index contributed by atoms with van der Waals surface area (Å²) in [6.07, 6.45) is 6.82. The standard InChI is InChI=1S/C21H27F2N3O3/c1-14(2)13-29-19-12-24-11-17(25-19)16-3-6-21(23,18(22)10-16)26-7-4-15(5-8-26)9-20(27)28/h3,10-12,14-15H,4-9,13H2,1-2H3,(H,27,28). The van der Waals surface area contributed by atoms with Gasteiger partial charge >= 0.3 is 5.97 Å². The van der Waals surface area contributed by atoms with Gasteiger partial charge in [0.2, 0.25) is 11.7 Å². The van der Waals surface area contributed by atoms with Gasteiger partial charge in [-0.15, -0.1) is 0 Å². The van der Waals surface area contributed by atoms with Crippen LogP contribution >= 0.6 is 0 Å². The molecule has 2 heterocycles. The van der Waals surface area contributed by atoms with Gasteiger partial charge in [-0.1, -0.05) is 19.9 Å². The van der Waals surface area contributed by atoms with Crippen LogP contribution in [-0.2, 0) is 4.79 Å². The number of carboxylic acid groups (broad SMARTS) is 1. The summed E-state index contributed by atoms with van der Waals surface area (Å²) in [4.78, 5) is 20.8. The number of hydrogen-bond donors (Lipinski definition) is 1. The lowest BCUT2D eigenvalue weighted by Crippen LogP contribution is -2.50. The summed E-state index contributed by atoms with van der Waals surface area (Å²) < 4.78 is 35.9. The Labute approximate surface area is 169 Å². The van der Waals surface area contributed by atoms with Gasteiger partial charge in [0.25, 0.3) is 0 Å². The van der Waals surface area contributed by atoms with E-state index in [1.165, 1.54) is 23.4 Å². The predicted molar refractivity (Wildman–Crippen MR) is 105 cm³/mol. The zero-order valence-corrected chi connectivity index (χ0v) is 16.8. The number of aromatic nitrogens is 2. The molecule has 1 N–H and O–H groups in total. The monoisotopic (exact) mass is 407 g/mol. The van der Waals surface area contributed by atoms with Gasteiger partial charge in [-0.05, 0) is 30.8 Å². The zero-order chi connectivity index (χ0) is 21.0. The second-order valence-electron chi connectivity index (χ2n) is 8.09. The molecule has 0 saturated carbocycles. The molecule has 2 aliphatic rings. The fraction of sp³-hybridized carbons (Fsp3) is 0.571. The Morgan fingerprint density at radius 1 is 1.38 bits per heavy atom. The highest BCUT2D eigenvalue weighted by atomic mass is 19.2. The summed E-state index contributed by atoms with van der Waals surface area (Å²) in [5.41, 5.74) is 0.905. The average Bonchev–Trinajstić information content (AvgIpc) is 2.69. The molecule has 1 saturated heterocycles. The van der Waals surface area contributed by atoms with Gasteiger partial charge in [0.1, 0.15) is 0 Å². The van der Waals surface area contributed by atoms with Crippen molar-refractivity contribution in [1.29, 1.82) is 0 Å². The number of aliphatic carboxylic acids is 1. The maximum atomic E-state index is 15.5. The van der Waals surface area contributed by atoms with E-state index in [-0.39, 0.29) is 18.8 Å². The molecule has 158 valence electrons. The van der Waals surface area contributed by atoms with Gasteiger partial charge < -0.3 is 9.84 Å². The maximum absolute atomic E-state index is 15.5. The zero-order valence-electron chi connectivity index (χ0n) is 16.8. The molecule has 0 aromatic carbocycles. The SMILES string of the molecule is CC(C)COc1cncc(C2=CCC(F)(N3CCC(CC(=O)O)CC3)C(F)=C2)n1. The first-order valence-electron chi connectivity index (χ1n) is 9.96. The Kier molecular flexibility index (Phi) is 6.62. The summed E-state index contributed by atoms with van der Waals surface area (Å²) in [6, 6.07) is 0. The van der Waals surface area contributed by atoms with Gasteiger partial charge in [-0.3, -0.25) is 14.7 Å². The average molecular weight is 407 g/mol. The molecule has 8 heteroatoms. The van der Waals surface area contributed by atoms with Crippen molar-refractivity contribution in [2.24, 2.45) is 11.8 Å². The van der Waals surface area contributed by atoms with Gasteiger partial charge in [0, 0.05) is 31.5 Å². The number of hydrogen-bond acceptors (Lipinski definition) is 5. The Bertz CT molecular complexity index is 804. The number of likely N-dealkylation sites (tertiary alicyclic amines) is 1. The Balaban J connectivity index is 1.67. The third-order valence-electron chi connectivity index (χ3n) is 5.29. The Morgan fingerprint density at radius 2 is 2.10 bits per heavy atom. The van der Waals surface area contributed by atoms with Crippen molar-refractivity contribution in [3.8, 4) is 5.88 Å². The molecule has 1 aromatic rings. The van der Waals surface area contributed by atoms with E-state index >= 15 is 4.39 Å². The lowest BCUT2D eigenvalue weighted by Gasteiger charge is -2.41. The van der Waals surface area contributed by atoms with Crippen LogP contribution in [0.3, 0.4) is 0 Å². The first-order chi connectivity index (χ1) is 13.8. The van der Waals surface area contributed by atoms with Crippen molar-refractivity contribution in [3.05, 3.63) is 36.1 Å². The van der Waals surface area contributed by atoms with E-state index in [1.807, 2.05) is 13.8 Å². The topological polar surface area (TPSA) is 75.5 Å². The molecule has 1 unspecified atom stereocenters. The van der Waals surface area contributed by atoms with Crippen LogP contribution in [0.1, 0.15) is 45.2 Å². The molecular formula is C21H27F2N3O3. The number of carbonyl (C=O) groups is 1. The Hall–Kier alpha value is -2.35. The molecule has 0 amide bonds. The number of nitrogens with zero attached hydrogens (tertiary/aromatic N) is 3. The van der Waals surface area contributed by atoms with Gasteiger partial charge in [-0.2, -0.15) is 0 Å². The van der Waals surface area contributed by atoms with Crippen molar-refractivity contribution in [2.75, 3.05) is 19.7 Å². The molecule has 0 spiro atoms. The normalized spacial score (nSPS) is 23.6. The van der Waals surface area contributed by atoms with Crippen molar-refractivity contribution in [3.63, 3.8) is 0 Å². The molecule has 3 rings (SSSR count). The molecule has 29 heavy (non-hydrogen) atoms. The van der Waals surface area contributed by atoms with Crippen molar-refractivity contribution in [1.82, 2.24) is 14.9 Å². The highest BCUT2D eigenvalue weighted by Gasteiger charge is 2.44. The number of rotatable bonds is 7. The number of carboxylic acids is 1. The van der Waals surface area contributed by atoms with Crippen molar-refractivity contribution in [2.45, 2.75) is 45.3 Å².